The monoisotopic (exact) mass is 848 g/mol. The van der Waals surface area contributed by atoms with Crippen LogP contribution in [0.5, 0.6) is 5.75 Å². The van der Waals surface area contributed by atoms with Crippen LogP contribution in [-0.2, 0) is 9.53 Å². The molecule has 4 aliphatic heterocycles. The third-order valence-corrected chi connectivity index (χ3v) is 13.2. The van der Waals surface area contributed by atoms with Crippen molar-refractivity contribution in [3.8, 4) is 5.75 Å². The number of alkyl halides is 1. The molecular weight excluding hydrogens is 792 g/mol. The number of carbonyl (C=O) groups is 3. The summed E-state index contributed by atoms with van der Waals surface area (Å²) >= 11 is 0. The number of carbonyl (C=O) groups excluding carboxylic acids is 3. The number of aromatic nitrogens is 2. The molecule has 4 saturated heterocycles. The molecule has 15 nitrogen and oxygen atoms in total. The summed E-state index contributed by atoms with van der Waals surface area (Å²) in [6.45, 7) is 9.31. The predicted molar refractivity (Wildman–Crippen MR) is 235 cm³/mol. The first-order chi connectivity index (χ1) is 29.7. The number of nitrogens with one attached hydrogen (secondary N) is 1. The fourth-order valence-electron chi connectivity index (χ4n) is 9.36. The average molecular weight is 849 g/mol. The van der Waals surface area contributed by atoms with E-state index in [0.717, 1.165) is 48.1 Å². The Balaban J connectivity index is 0.843. The number of benzene rings is 2. The van der Waals surface area contributed by atoms with E-state index in [4.69, 9.17) is 26.9 Å². The summed E-state index contributed by atoms with van der Waals surface area (Å²) in [5.74, 6) is -0.256. The first kappa shape index (κ1) is 42.6. The molecule has 8 N–H and O–H groups in total. The molecule has 4 amide bonds. The van der Waals surface area contributed by atoms with Gasteiger partial charge in [0.1, 0.15) is 29.0 Å². The number of aryl methyl sites for hydroxylation is 1. The number of hydrogen-bond donors (Lipinski definition) is 5. The Morgan fingerprint density at radius 3 is 2.40 bits per heavy atom. The minimum Gasteiger partial charge on any atom is -0.507 e. The largest absolute Gasteiger partial charge is 0.507 e. The van der Waals surface area contributed by atoms with Crippen LogP contribution in [0.1, 0.15) is 85.1 Å². The normalized spacial score (nSPS) is 22.8. The number of rotatable bonds is 9. The number of amides is 4. The number of phenolic OH excluding ortho intramolecular Hbond substituents is 1. The van der Waals surface area contributed by atoms with Crippen molar-refractivity contribution < 1.29 is 28.6 Å². The molecule has 0 spiro atoms. The number of phenols is 1. The van der Waals surface area contributed by atoms with Gasteiger partial charge in [0.25, 0.3) is 5.91 Å². The molecule has 4 aromatic rings. The number of likely N-dealkylation sites (tertiary alicyclic amines) is 2. The highest BCUT2D eigenvalue weighted by Crippen LogP contribution is 2.36. The van der Waals surface area contributed by atoms with Crippen LogP contribution in [0.3, 0.4) is 0 Å². The summed E-state index contributed by atoms with van der Waals surface area (Å²) in [5, 5.41) is 13.7. The number of halogens is 1. The fraction of sp³-hybridized carbons (Fsp3) is 0.435. The van der Waals surface area contributed by atoms with Gasteiger partial charge in [0.2, 0.25) is 5.91 Å². The lowest BCUT2D eigenvalue weighted by atomic mass is 9.91. The summed E-state index contributed by atoms with van der Waals surface area (Å²) in [7, 11) is 0. The van der Waals surface area contributed by atoms with Gasteiger partial charge in [0.15, 0.2) is 0 Å². The number of ether oxygens (including phenoxy) is 1. The van der Waals surface area contributed by atoms with E-state index in [9.17, 15) is 19.5 Å². The number of para-hydroxylation sites is 1. The van der Waals surface area contributed by atoms with Gasteiger partial charge in [-0.2, -0.15) is 0 Å². The van der Waals surface area contributed by atoms with Crippen LogP contribution in [-0.4, -0.2) is 111 Å². The zero-order valence-corrected chi connectivity index (χ0v) is 35.6. The van der Waals surface area contributed by atoms with E-state index in [0.29, 0.717) is 60.9 Å². The molecule has 0 radical (unpaired) electrons. The number of allylic oxidation sites excluding steroid dienone is 1. The second-order valence-electron chi connectivity index (χ2n) is 17.3. The molecule has 4 aliphatic rings. The van der Waals surface area contributed by atoms with Gasteiger partial charge in [-0.25, -0.2) is 14.2 Å². The quantitative estimate of drug-likeness (QED) is 0.142. The Hall–Kier alpha value is -6.13. The average Bonchev–Trinajstić information content (AvgIpc) is 3.59. The van der Waals surface area contributed by atoms with Crippen LogP contribution in [0.15, 0.2) is 84.6 Å². The van der Waals surface area contributed by atoms with Crippen LogP contribution in [0.2, 0.25) is 0 Å². The number of urea groups is 1. The zero-order chi connectivity index (χ0) is 43.9. The predicted octanol–water partition coefficient (Wildman–Crippen LogP) is 5.01. The number of nitrogens with zero attached hydrogens (tertiary/aromatic N) is 6. The van der Waals surface area contributed by atoms with Gasteiger partial charge in [-0.05, 0) is 81.1 Å². The summed E-state index contributed by atoms with van der Waals surface area (Å²) in [4.78, 5) is 50.1. The summed E-state index contributed by atoms with van der Waals surface area (Å²) in [5.41, 5.74) is 22.8. The Morgan fingerprint density at radius 2 is 1.73 bits per heavy atom. The van der Waals surface area contributed by atoms with Crippen molar-refractivity contribution >= 4 is 40.3 Å². The number of hydrogen-bond acceptors (Lipinski definition) is 11. The summed E-state index contributed by atoms with van der Waals surface area (Å²) in [6.07, 6.45) is 7.43. The highest BCUT2D eigenvalue weighted by molar-refractivity contribution is 6.06. The molecule has 328 valence electrons. The van der Waals surface area contributed by atoms with Crippen molar-refractivity contribution in [3.63, 3.8) is 0 Å². The number of aromatic hydroxyl groups is 1. The van der Waals surface area contributed by atoms with E-state index < -0.39 is 11.7 Å². The number of nitrogens with two attached hydrogens (primary N) is 3. The number of imide groups is 1. The minimum absolute atomic E-state index is 0.0511. The molecule has 0 aliphatic carbocycles. The number of pyridine rings is 1. The lowest BCUT2D eigenvalue weighted by Gasteiger charge is -2.44. The second-order valence-corrected chi connectivity index (χ2v) is 17.3. The Bertz CT molecular complexity index is 2400. The maximum atomic E-state index is 16.4. The lowest BCUT2D eigenvalue weighted by molar-refractivity contribution is -0.120. The molecule has 0 saturated carbocycles. The van der Waals surface area contributed by atoms with E-state index in [1.54, 1.807) is 58.5 Å². The smallest absolute Gasteiger partial charge is 0.328 e. The van der Waals surface area contributed by atoms with E-state index in [1.807, 2.05) is 39.0 Å². The molecule has 2 aromatic heterocycles. The molecule has 6 heterocycles. The molecule has 3 unspecified atom stereocenters. The van der Waals surface area contributed by atoms with Gasteiger partial charge in [-0.3, -0.25) is 19.8 Å². The first-order valence-corrected chi connectivity index (χ1v) is 21.5. The standard InChI is InChI=1S/C46H57FN10O5/c1-28-25-57(43-36(28)22-34(24-51-43)55-19-14-41(59)52-45(55)61)33-12-17-53(18-13-33)27-46(47)15-20-54(21-16-46)44(60)32-10-8-31(9-11-32)40-26-56(29(2)30(3)62-40)38(42(49)50)23-37(48)35-6-4-5-7-39(35)58/h4-11,22-25,29-30,33,40,58H,12-21,26-27,48-50H2,1-3H3,(H,52,59,61)/b37-23-. The van der Waals surface area contributed by atoms with Crippen molar-refractivity contribution in [2.24, 2.45) is 17.2 Å². The number of piperidine rings is 2. The van der Waals surface area contributed by atoms with E-state index in [1.165, 1.54) is 0 Å². The third-order valence-electron chi connectivity index (χ3n) is 13.2. The van der Waals surface area contributed by atoms with Crippen LogP contribution < -0.4 is 27.4 Å². The molecule has 62 heavy (non-hydrogen) atoms. The number of fused-ring (bicyclic) bond motifs is 1. The molecule has 3 atom stereocenters. The Labute approximate surface area is 360 Å². The molecule has 16 heteroatoms. The highest BCUT2D eigenvalue weighted by atomic mass is 19.1. The van der Waals surface area contributed by atoms with Gasteiger partial charge in [-0.15, -0.1) is 0 Å². The minimum atomic E-state index is -1.38. The van der Waals surface area contributed by atoms with Gasteiger partial charge in [0, 0.05) is 99.5 Å². The van der Waals surface area contributed by atoms with Crippen molar-refractivity contribution in [2.75, 3.05) is 50.7 Å². The van der Waals surface area contributed by atoms with Crippen molar-refractivity contribution in [2.45, 2.75) is 82.8 Å². The summed E-state index contributed by atoms with van der Waals surface area (Å²) < 4.78 is 25.0. The van der Waals surface area contributed by atoms with Gasteiger partial charge in [-0.1, -0.05) is 24.3 Å². The van der Waals surface area contributed by atoms with Crippen LogP contribution in [0.4, 0.5) is 14.9 Å². The van der Waals surface area contributed by atoms with Crippen LogP contribution in [0.25, 0.3) is 16.7 Å². The van der Waals surface area contributed by atoms with Crippen LogP contribution in [0, 0.1) is 6.92 Å². The topological polar surface area (TPSA) is 202 Å². The van der Waals surface area contributed by atoms with E-state index in [-0.39, 0.29) is 66.9 Å². The van der Waals surface area contributed by atoms with E-state index >= 15 is 4.39 Å². The SMILES string of the molecule is Cc1cn(C2CCN(CC3(F)CCN(C(=O)c4ccc(C5CN(C(/C=C(\N)c6ccccc6O)=C(N)N)C(C)C(C)O5)cc4)CC3)CC2)c2ncc(N3CCC(=O)NC3=O)cc12. The van der Waals surface area contributed by atoms with Gasteiger partial charge < -0.3 is 46.3 Å². The molecule has 0 bridgehead atoms. The number of anilines is 1. The van der Waals surface area contributed by atoms with Gasteiger partial charge in [0.05, 0.1) is 29.7 Å². The van der Waals surface area contributed by atoms with Crippen molar-refractivity contribution in [3.05, 3.63) is 107 Å². The fourth-order valence-corrected chi connectivity index (χ4v) is 9.36. The number of morpholine rings is 1. The van der Waals surface area contributed by atoms with Crippen molar-refractivity contribution in [1.29, 1.82) is 0 Å². The Morgan fingerprint density at radius 1 is 1.02 bits per heavy atom. The molecule has 2 aromatic carbocycles. The third kappa shape index (κ3) is 8.66. The molecule has 8 rings (SSSR count). The lowest BCUT2D eigenvalue weighted by Crippen LogP contribution is -2.51. The Kier molecular flexibility index (Phi) is 11.9. The molecular formula is C46H57FN10O5. The molecule has 4 fully saturated rings. The maximum Gasteiger partial charge on any atom is 0.328 e. The van der Waals surface area contributed by atoms with Crippen LogP contribution >= 0.6 is 0 Å². The first-order valence-electron chi connectivity index (χ1n) is 21.5. The zero-order valence-electron chi connectivity index (χ0n) is 35.6. The highest BCUT2D eigenvalue weighted by Gasteiger charge is 2.39. The second kappa shape index (κ2) is 17.3. The summed E-state index contributed by atoms with van der Waals surface area (Å²) in [6, 6.07) is 15.9. The van der Waals surface area contributed by atoms with Gasteiger partial charge >= 0.3 is 6.03 Å². The van der Waals surface area contributed by atoms with E-state index in [2.05, 4.69) is 25.9 Å². The maximum absolute atomic E-state index is 16.4. The van der Waals surface area contributed by atoms with Crippen molar-refractivity contribution in [1.82, 2.24) is 29.6 Å².